The zero-order valence-electron chi connectivity index (χ0n) is 12.6. The second-order valence-corrected chi connectivity index (χ2v) is 8.05. The molecule has 0 heterocycles. The highest BCUT2D eigenvalue weighted by atomic mass is 35.5. The molecule has 20 heavy (non-hydrogen) atoms. The summed E-state index contributed by atoms with van der Waals surface area (Å²) >= 11 is 4.49. The van der Waals surface area contributed by atoms with E-state index in [1.165, 1.54) is 0 Å². The Labute approximate surface area is 131 Å². The van der Waals surface area contributed by atoms with Crippen LogP contribution in [-0.2, 0) is 11.4 Å². The van der Waals surface area contributed by atoms with Crippen LogP contribution < -0.4 is 0 Å². The van der Waals surface area contributed by atoms with E-state index in [-0.39, 0.29) is 4.75 Å². The molecule has 1 rings (SSSR count). The van der Waals surface area contributed by atoms with Crippen molar-refractivity contribution in [2.45, 2.75) is 51.2 Å². The Kier molecular flexibility index (Phi) is 7.63. The van der Waals surface area contributed by atoms with Gasteiger partial charge in [0.1, 0.15) is 16.1 Å². The first kappa shape index (κ1) is 17.5. The van der Waals surface area contributed by atoms with Crippen molar-refractivity contribution >= 4 is 28.7 Å². The third-order valence-corrected chi connectivity index (χ3v) is 4.57. The van der Waals surface area contributed by atoms with Crippen molar-refractivity contribution in [3.05, 3.63) is 35.9 Å². The number of nitrogens with zero attached hydrogens (tertiary/aromatic N) is 1. The summed E-state index contributed by atoms with van der Waals surface area (Å²) in [5, 5.41) is 0. The van der Waals surface area contributed by atoms with Crippen LogP contribution in [-0.4, -0.2) is 20.9 Å². The lowest BCUT2D eigenvalue weighted by Gasteiger charge is -2.19. The van der Waals surface area contributed by atoms with Gasteiger partial charge in [-0.25, -0.2) is 0 Å². The summed E-state index contributed by atoms with van der Waals surface area (Å²) in [6.45, 7) is 5.84. The smallest absolute Gasteiger partial charge is 0.144 e. The Morgan fingerprint density at radius 2 is 1.80 bits per heavy atom. The molecule has 4 heteroatoms. The first-order chi connectivity index (χ1) is 9.45. The van der Waals surface area contributed by atoms with Crippen LogP contribution in [0, 0.1) is 0 Å². The standard InChI is InChI=1S/C16H24ClNOS/c1-16(2,3)20(19)18-15(12-8-5-9-13-17)14-10-6-4-7-11-14/h4,6-7,10-11H,5,8-9,12-13H2,1-3H3/t20-/m0/s1. The van der Waals surface area contributed by atoms with Crippen LogP contribution in [0.4, 0.5) is 0 Å². The molecule has 0 bridgehead atoms. The number of halogens is 1. The van der Waals surface area contributed by atoms with Gasteiger partial charge in [-0.1, -0.05) is 41.2 Å². The summed E-state index contributed by atoms with van der Waals surface area (Å²) in [4.78, 5) is 0. The Morgan fingerprint density at radius 3 is 2.35 bits per heavy atom. The molecule has 0 saturated heterocycles. The molecule has 0 aromatic heterocycles. The third-order valence-electron chi connectivity index (χ3n) is 2.87. The summed E-state index contributed by atoms with van der Waals surface area (Å²) in [5.74, 6) is 0.700. The van der Waals surface area contributed by atoms with Crippen molar-refractivity contribution in [3.8, 4) is 0 Å². The molecule has 0 aliphatic carbocycles. The lowest BCUT2D eigenvalue weighted by Crippen LogP contribution is -2.27. The number of benzene rings is 1. The van der Waals surface area contributed by atoms with E-state index in [1.54, 1.807) is 0 Å². The maximum absolute atomic E-state index is 12.2. The molecule has 1 atom stereocenters. The van der Waals surface area contributed by atoms with E-state index in [0.717, 1.165) is 37.0 Å². The number of hydrogen-bond acceptors (Lipinski definition) is 2. The minimum Gasteiger partial charge on any atom is -0.591 e. The summed E-state index contributed by atoms with van der Waals surface area (Å²) in [7, 11) is 0. The fourth-order valence-corrected chi connectivity index (χ4v) is 2.53. The fourth-order valence-electron chi connectivity index (χ4n) is 1.67. The zero-order chi connectivity index (χ0) is 15.0. The Hall–Kier alpha value is -0.510. The van der Waals surface area contributed by atoms with Crippen LogP contribution in [0.1, 0.15) is 52.0 Å². The van der Waals surface area contributed by atoms with Crippen molar-refractivity contribution in [3.63, 3.8) is 0 Å². The van der Waals surface area contributed by atoms with E-state index in [1.807, 2.05) is 51.1 Å². The first-order valence-corrected chi connectivity index (χ1v) is 8.70. The van der Waals surface area contributed by atoms with E-state index >= 15 is 0 Å². The molecular formula is C16H24ClNOS. The number of rotatable bonds is 7. The Balaban J connectivity index is 2.82. The number of alkyl halides is 1. The first-order valence-electron chi connectivity index (χ1n) is 7.06. The van der Waals surface area contributed by atoms with Gasteiger partial charge >= 0.3 is 0 Å². The summed E-state index contributed by atoms with van der Waals surface area (Å²) in [6.07, 6.45) is 3.98. The summed E-state index contributed by atoms with van der Waals surface area (Å²) in [5.41, 5.74) is 2.00. The van der Waals surface area contributed by atoms with E-state index in [4.69, 9.17) is 11.6 Å². The normalized spacial score (nSPS) is 14.3. The fraction of sp³-hybridized carbons (Fsp3) is 0.562. The average Bonchev–Trinajstić information content (AvgIpc) is 2.42. The number of hydrogen-bond donors (Lipinski definition) is 0. The molecule has 1 aromatic carbocycles. The molecular weight excluding hydrogens is 290 g/mol. The highest BCUT2D eigenvalue weighted by molar-refractivity contribution is 7.91. The van der Waals surface area contributed by atoms with Gasteiger partial charge < -0.3 is 4.55 Å². The van der Waals surface area contributed by atoms with Gasteiger partial charge in [0.25, 0.3) is 0 Å². The van der Waals surface area contributed by atoms with Crippen LogP contribution in [0.3, 0.4) is 0 Å². The van der Waals surface area contributed by atoms with Crippen molar-refractivity contribution in [1.82, 2.24) is 0 Å². The largest absolute Gasteiger partial charge is 0.591 e. The molecule has 0 spiro atoms. The molecule has 112 valence electrons. The topological polar surface area (TPSA) is 35.4 Å². The molecule has 2 nitrogen and oxygen atoms in total. The van der Waals surface area contributed by atoms with Gasteiger partial charge in [-0.05, 0) is 40.0 Å². The van der Waals surface area contributed by atoms with Crippen LogP contribution in [0.5, 0.6) is 0 Å². The predicted molar refractivity (Wildman–Crippen MR) is 90.1 cm³/mol. The van der Waals surface area contributed by atoms with Gasteiger partial charge in [-0.2, -0.15) is 0 Å². The van der Waals surface area contributed by atoms with E-state index in [0.29, 0.717) is 5.88 Å². The highest BCUT2D eigenvalue weighted by Crippen LogP contribution is 2.20. The van der Waals surface area contributed by atoms with E-state index in [2.05, 4.69) is 4.40 Å². The van der Waals surface area contributed by atoms with Crippen LogP contribution in [0.2, 0.25) is 0 Å². The van der Waals surface area contributed by atoms with Gasteiger partial charge in [-0.15, -0.1) is 11.6 Å². The van der Waals surface area contributed by atoms with Gasteiger partial charge in [0.05, 0.1) is 5.71 Å². The number of unbranched alkanes of at least 4 members (excludes halogenated alkanes) is 2. The second-order valence-electron chi connectivity index (χ2n) is 5.77. The summed E-state index contributed by atoms with van der Waals surface area (Å²) in [6, 6.07) is 10.0. The molecule has 0 N–H and O–H groups in total. The average molecular weight is 314 g/mol. The second kappa shape index (κ2) is 8.71. The molecule has 0 unspecified atom stereocenters. The van der Waals surface area contributed by atoms with Crippen LogP contribution >= 0.6 is 11.6 Å². The third kappa shape index (κ3) is 6.29. The Morgan fingerprint density at radius 1 is 1.15 bits per heavy atom. The zero-order valence-corrected chi connectivity index (χ0v) is 14.1. The predicted octanol–water partition coefficient (Wildman–Crippen LogP) is 4.74. The van der Waals surface area contributed by atoms with Gasteiger partial charge in [0.2, 0.25) is 0 Å². The minimum atomic E-state index is -1.21. The monoisotopic (exact) mass is 313 g/mol. The lowest BCUT2D eigenvalue weighted by atomic mass is 10.0. The van der Waals surface area contributed by atoms with Crippen molar-refractivity contribution < 1.29 is 4.55 Å². The van der Waals surface area contributed by atoms with Gasteiger partial charge in [0.15, 0.2) is 0 Å². The lowest BCUT2D eigenvalue weighted by molar-refractivity contribution is 0.561. The SMILES string of the molecule is CC(C)(C)[S@+]([O-])N=C(CCCCCCl)c1ccccc1. The van der Waals surface area contributed by atoms with E-state index in [9.17, 15) is 4.55 Å². The molecule has 0 saturated carbocycles. The van der Waals surface area contributed by atoms with Crippen LogP contribution in [0.15, 0.2) is 34.7 Å². The maximum Gasteiger partial charge on any atom is 0.144 e. The Bertz CT molecular complexity index is 414. The molecule has 0 aliphatic heterocycles. The van der Waals surface area contributed by atoms with Crippen molar-refractivity contribution in [2.24, 2.45) is 4.40 Å². The molecule has 0 amide bonds. The molecule has 1 aromatic rings. The van der Waals surface area contributed by atoms with Crippen molar-refractivity contribution in [2.75, 3.05) is 5.88 Å². The van der Waals surface area contributed by atoms with Gasteiger partial charge in [0, 0.05) is 11.4 Å². The quantitative estimate of drug-likeness (QED) is 0.310. The van der Waals surface area contributed by atoms with Crippen molar-refractivity contribution in [1.29, 1.82) is 0 Å². The molecule has 0 fully saturated rings. The summed E-state index contributed by atoms with van der Waals surface area (Å²) < 4.78 is 16.4. The minimum absolute atomic E-state index is 0.323. The van der Waals surface area contributed by atoms with Crippen LogP contribution in [0.25, 0.3) is 0 Å². The highest BCUT2D eigenvalue weighted by Gasteiger charge is 2.27. The van der Waals surface area contributed by atoms with Gasteiger partial charge in [-0.3, -0.25) is 0 Å². The molecule has 0 aliphatic rings. The van der Waals surface area contributed by atoms with E-state index < -0.39 is 11.4 Å². The maximum atomic E-state index is 12.2. The molecule has 0 radical (unpaired) electrons.